The predicted molar refractivity (Wildman–Crippen MR) is 110 cm³/mol. The van der Waals surface area contributed by atoms with Gasteiger partial charge in [-0.2, -0.15) is 4.68 Å². The van der Waals surface area contributed by atoms with Crippen LogP contribution in [0.1, 0.15) is 20.8 Å². The summed E-state index contributed by atoms with van der Waals surface area (Å²) in [5, 5.41) is 15.3. The van der Waals surface area contributed by atoms with Gasteiger partial charge >= 0.3 is 0 Å². The van der Waals surface area contributed by atoms with Crippen LogP contribution in [0.4, 0.5) is 0 Å². The second-order valence-electron chi connectivity index (χ2n) is 8.10. The normalized spacial score (nSPS) is 15.3. The van der Waals surface area contributed by atoms with Crippen molar-refractivity contribution in [2.24, 2.45) is 0 Å². The third kappa shape index (κ3) is 6.26. The Morgan fingerprint density at radius 2 is 1.86 bits per heavy atom. The van der Waals surface area contributed by atoms with Gasteiger partial charge in [-0.05, 0) is 43.3 Å². The van der Waals surface area contributed by atoms with E-state index in [-0.39, 0.29) is 23.1 Å². The van der Waals surface area contributed by atoms with Crippen LogP contribution in [0.15, 0.2) is 35.5 Å². The fraction of sp³-hybridized carbons (Fsp3) is 0.526. The molecule has 0 radical (unpaired) electrons. The molecule has 1 fully saturated rings. The van der Waals surface area contributed by atoms with Crippen molar-refractivity contribution >= 4 is 23.6 Å². The van der Waals surface area contributed by atoms with Gasteiger partial charge < -0.3 is 15.1 Å². The average Bonchev–Trinajstić information content (AvgIpc) is 3.14. The van der Waals surface area contributed by atoms with Gasteiger partial charge in [0, 0.05) is 5.54 Å². The molecule has 3 rings (SSSR count). The van der Waals surface area contributed by atoms with Crippen molar-refractivity contribution in [3.8, 4) is 5.69 Å². The molecule has 0 atom stereocenters. The lowest BCUT2D eigenvalue weighted by molar-refractivity contribution is -0.896. The highest BCUT2D eigenvalue weighted by Gasteiger charge is 2.26. The maximum atomic E-state index is 12.6. The summed E-state index contributed by atoms with van der Waals surface area (Å²) in [6.07, 6.45) is 0. The Bertz CT molecular complexity index is 827. The number of hydrogen-bond acceptors (Lipinski definition) is 6. The number of hydrogen-bond donors (Lipinski definition) is 2. The van der Waals surface area contributed by atoms with Gasteiger partial charge in [0.05, 0.1) is 37.6 Å². The van der Waals surface area contributed by atoms with E-state index in [4.69, 9.17) is 0 Å². The molecule has 1 aliphatic rings. The van der Waals surface area contributed by atoms with Crippen molar-refractivity contribution < 1.29 is 14.5 Å². The van der Waals surface area contributed by atoms with E-state index in [0.717, 1.165) is 18.8 Å². The Labute approximate surface area is 174 Å². The second kappa shape index (κ2) is 9.36. The highest BCUT2D eigenvalue weighted by atomic mass is 32.2. The van der Waals surface area contributed by atoms with Crippen LogP contribution >= 0.6 is 11.8 Å². The highest BCUT2D eigenvalue weighted by Crippen LogP contribution is 2.18. The minimum absolute atomic E-state index is 0.0515. The number of tetrazole rings is 1. The molecule has 9 nitrogen and oxygen atoms in total. The average molecular weight is 419 g/mol. The number of nitrogens with one attached hydrogen (secondary N) is 2. The summed E-state index contributed by atoms with van der Waals surface area (Å²) in [5.41, 5.74) is 0.638. The molecule has 0 aliphatic carbocycles. The van der Waals surface area contributed by atoms with Crippen LogP contribution in [-0.4, -0.2) is 80.9 Å². The van der Waals surface area contributed by atoms with Gasteiger partial charge in [-0.1, -0.05) is 30.0 Å². The second-order valence-corrected chi connectivity index (χ2v) is 9.05. The molecule has 156 valence electrons. The number of quaternary nitrogens is 1. The highest BCUT2D eigenvalue weighted by molar-refractivity contribution is 7.99. The third-order valence-electron chi connectivity index (χ3n) is 4.51. The molecule has 2 aromatic rings. The van der Waals surface area contributed by atoms with Crippen molar-refractivity contribution in [3.05, 3.63) is 30.3 Å². The SMILES string of the molecule is CC(C)(C)NC(=O)C[NH+]1CCN(C(=O)CSc2nnnn2-c2ccccc2)CC1. The smallest absolute Gasteiger partial charge is 0.275 e. The number of nitrogens with zero attached hydrogens (tertiary/aromatic N) is 5. The summed E-state index contributed by atoms with van der Waals surface area (Å²) < 4.78 is 1.63. The Balaban J connectivity index is 1.45. The van der Waals surface area contributed by atoms with Gasteiger partial charge in [-0.3, -0.25) is 9.59 Å². The number of aromatic nitrogens is 4. The zero-order valence-corrected chi connectivity index (χ0v) is 17.9. The van der Waals surface area contributed by atoms with Crippen LogP contribution < -0.4 is 10.2 Å². The monoisotopic (exact) mass is 418 g/mol. The maximum Gasteiger partial charge on any atom is 0.275 e. The van der Waals surface area contributed by atoms with E-state index in [0.29, 0.717) is 24.8 Å². The van der Waals surface area contributed by atoms with E-state index < -0.39 is 0 Å². The molecule has 1 aromatic heterocycles. The van der Waals surface area contributed by atoms with Gasteiger partial charge in [0.2, 0.25) is 11.1 Å². The summed E-state index contributed by atoms with van der Waals surface area (Å²) >= 11 is 1.33. The first-order chi connectivity index (χ1) is 13.8. The predicted octanol–water partition coefficient (Wildman–Crippen LogP) is -0.604. The van der Waals surface area contributed by atoms with Gasteiger partial charge in [0.25, 0.3) is 5.91 Å². The van der Waals surface area contributed by atoms with E-state index in [2.05, 4.69) is 20.8 Å². The van der Waals surface area contributed by atoms with E-state index in [1.807, 2.05) is 56.0 Å². The Hall–Kier alpha value is -2.46. The summed E-state index contributed by atoms with van der Waals surface area (Å²) in [6.45, 7) is 9.22. The minimum atomic E-state index is -0.222. The molecule has 2 heterocycles. The number of thioether (sulfide) groups is 1. The molecule has 0 spiro atoms. The van der Waals surface area contributed by atoms with E-state index in [9.17, 15) is 9.59 Å². The lowest BCUT2D eigenvalue weighted by atomic mass is 10.1. The first-order valence-corrected chi connectivity index (χ1v) is 10.7. The van der Waals surface area contributed by atoms with Crippen LogP contribution in [0.25, 0.3) is 5.69 Å². The molecule has 1 aliphatic heterocycles. The Morgan fingerprint density at radius 1 is 1.17 bits per heavy atom. The van der Waals surface area contributed by atoms with Crippen LogP contribution in [0.2, 0.25) is 0 Å². The van der Waals surface area contributed by atoms with Crippen LogP contribution in [0, 0.1) is 0 Å². The summed E-state index contributed by atoms with van der Waals surface area (Å²) in [6, 6.07) is 9.60. The first-order valence-electron chi connectivity index (χ1n) is 9.71. The standard InChI is InChI=1S/C19H27N7O2S/c1-19(2,3)20-16(27)13-24-9-11-25(12-10-24)17(28)14-29-18-21-22-23-26(18)15-7-5-4-6-8-15/h4-8H,9-14H2,1-3H3,(H,20,27)/p+1. The summed E-state index contributed by atoms with van der Waals surface area (Å²) in [5.74, 6) is 0.402. The summed E-state index contributed by atoms with van der Waals surface area (Å²) in [4.78, 5) is 27.7. The van der Waals surface area contributed by atoms with E-state index in [1.54, 1.807) is 4.68 Å². The van der Waals surface area contributed by atoms with Crippen molar-refractivity contribution in [2.45, 2.75) is 31.5 Å². The molecule has 0 bridgehead atoms. The maximum absolute atomic E-state index is 12.6. The fourth-order valence-electron chi connectivity index (χ4n) is 3.16. The number of amides is 2. The largest absolute Gasteiger partial charge is 0.347 e. The van der Waals surface area contributed by atoms with Gasteiger partial charge in [0.1, 0.15) is 0 Å². The molecular weight excluding hydrogens is 390 g/mol. The Kier molecular flexibility index (Phi) is 6.86. The van der Waals surface area contributed by atoms with Crippen LogP contribution in [0.5, 0.6) is 0 Å². The van der Waals surface area contributed by atoms with Gasteiger partial charge in [-0.25, -0.2) is 0 Å². The fourth-order valence-corrected chi connectivity index (χ4v) is 3.95. The zero-order valence-electron chi connectivity index (χ0n) is 17.1. The van der Waals surface area contributed by atoms with Gasteiger partial charge in [0.15, 0.2) is 6.54 Å². The molecule has 10 heteroatoms. The van der Waals surface area contributed by atoms with E-state index in [1.165, 1.54) is 16.7 Å². The number of piperazine rings is 1. The number of rotatable bonds is 6. The number of carbonyl (C=O) groups excluding carboxylic acids is 2. The van der Waals surface area contributed by atoms with Crippen LogP contribution in [-0.2, 0) is 9.59 Å². The third-order valence-corrected chi connectivity index (χ3v) is 5.42. The van der Waals surface area contributed by atoms with Crippen molar-refractivity contribution in [1.82, 2.24) is 30.4 Å². The molecule has 0 unspecified atom stereocenters. The lowest BCUT2D eigenvalue weighted by Crippen LogP contribution is -3.16. The van der Waals surface area contributed by atoms with Crippen molar-refractivity contribution in [2.75, 3.05) is 38.5 Å². The van der Waals surface area contributed by atoms with Crippen LogP contribution in [0.3, 0.4) is 0 Å². The molecule has 2 N–H and O–H groups in total. The molecule has 2 amide bonds. The topological polar surface area (TPSA) is 97.5 Å². The van der Waals surface area contributed by atoms with Crippen molar-refractivity contribution in [3.63, 3.8) is 0 Å². The summed E-state index contributed by atoms with van der Waals surface area (Å²) in [7, 11) is 0. The Morgan fingerprint density at radius 3 is 2.52 bits per heavy atom. The quantitative estimate of drug-likeness (QED) is 0.608. The first kappa shape index (κ1) is 21.3. The van der Waals surface area contributed by atoms with E-state index >= 15 is 0 Å². The number of carbonyl (C=O) groups is 2. The minimum Gasteiger partial charge on any atom is -0.347 e. The zero-order chi connectivity index (χ0) is 20.9. The van der Waals surface area contributed by atoms with Crippen molar-refractivity contribution in [1.29, 1.82) is 0 Å². The molecule has 29 heavy (non-hydrogen) atoms. The number of para-hydroxylation sites is 1. The molecule has 0 saturated carbocycles. The lowest BCUT2D eigenvalue weighted by Gasteiger charge is -2.32. The van der Waals surface area contributed by atoms with Gasteiger partial charge in [-0.15, -0.1) is 5.10 Å². The molecular formula is C19H28N7O2S+. The number of benzene rings is 1. The molecule has 1 saturated heterocycles. The molecule has 1 aromatic carbocycles.